The summed E-state index contributed by atoms with van der Waals surface area (Å²) in [5, 5.41) is 11.7. The summed E-state index contributed by atoms with van der Waals surface area (Å²) in [5.41, 5.74) is 7.42. The maximum Gasteiger partial charge on any atom is 0.190 e. The molecule has 4 N–H and O–H groups in total. The van der Waals surface area contributed by atoms with Gasteiger partial charge in [0.2, 0.25) is 0 Å². The van der Waals surface area contributed by atoms with Crippen LogP contribution in [0.25, 0.3) is 11.4 Å². The fraction of sp³-hybridized carbons (Fsp3) is 0.318. The number of halogens is 2. The van der Waals surface area contributed by atoms with Crippen molar-refractivity contribution in [2.75, 3.05) is 17.5 Å². The Kier molecular flexibility index (Phi) is 7.40. The molecule has 0 amide bonds. The second-order valence-corrected chi connectivity index (χ2v) is 8.40. The van der Waals surface area contributed by atoms with Crippen molar-refractivity contribution in [1.82, 2.24) is 9.97 Å². The monoisotopic (exact) mass is 444 g/mol. The van der Waals surface area contributed by atoms with Crippen LogP contribution in [0.2, 0.25) is 0 Å². The van der Waals surface area contributed by atoms with Crippen molar-refractivity contribution in [3.63, 3.8) is 0 Å². The zero-order chi connectivity index (χ0) is 22.5. The Bertz CT molecular complexity index is 1010. The third-order valence-corrected chi connectivity index (χ3v) is 5.98. The lowest BCUT2D eigenvalue weighted by atomic mass is 10.1. The van der Waals surface area contributed by atoms with Gasteiger partial charge in [0, 0.05) is 17.5 Å². The largest absolute Gasteiger partial charge is 0.383 e. The molecule has 9 heteroatoms. The zero-order valence-corrected chi connectivity index (χ0v) is 18.4. The number of benzene rings is 1. The van der Waals surface area contributed by atoms with E-state index in [2.05, 4.69) is 21.9 Å². The number of thioether (sulfide) groups is 1. The number of nitrogens with one attached hydrogen (secondary N) is 2. The first kappa shape index (κ1) is 22.9. The van der Waals surface area contributed by atoms with E-state index in [4.69, 9.17) is 11.1 Å². The molecule has 0 saturated carbocycles. The van der Waals surface area contributed by atoms with Crippen LogP contribution in [0.4, 0.5) is 20.4 Å². The van der Waals surface area contributed by atoms with Crippen LogP contribution in [-0.4, -0.2) is 28.1 Å². The van der Waals surface area contributed by atoms with Gasteiger partial charge >= 0.3 is 0 Å². The molecule has 0 radical (unpaired) electrons. The molecule has 164 valence electrons. The van der Waals surface area contributed by atoms with E-state index in [0.29, 0.717) is 39.8 Å². The van der Waals surface area contributed by atoms with E-state index in [1.165, 1.54) is 36.0 Å². The van der Waals surface area contributed by atoms with E-state index >= 15 is 4.48 Å². The van der Waals surface area contributed by atoms with Crippen LogP contribution in [0.1, 0.15) is 38.3 Å². The Morgan fingerprint density at radius 2 is 2.06 bits per heavy atom. The molecule has 1 aliphatic rings. The number of aromatic nitrogens is 2. The number of hydrogen-bond acceptors (Lipinski definition) is 7. The summed E-state index contributed by atoms with van der Waals surface area (Å²) in [6.07, 6.45) is 4.69. The molecule has 6 nitrogen and oxygen atoms in total. The number of nitrogens with two attached hydrogens (primary N) is 1. The Hall–Kier alpha value is -2.78. The summed E-state index contributed by atoms with van der Waals surface area (Å²) < 4.78 is 29.0. The van der Waals surface area contributed by atoms with E-state index in [-0.39, 0.29) is 28.4 Å². The molecule has 0 aliphatic carbocycles. The Balaban J connectivity index is 2.10. The van der Waals surface area contributed by atoms with Gasteiger partial charge in [-0.25, -0.2) is 14.4 Å². The topological polar surface area (TPSA) is 90.9 Å². The van der Waals surface area contributed by atoms with Crippen molar-refractivity contribution in [3.8, 4) is 11.4 Å². The number of hydrogen-bond donors (Lipinski definition) is 3. The summed E-state index contributed by atoms with van der Waals surface area (Å²) in [4.78, 5) is 9.57. The van der Waals surface area contributed by atoms with Crippen LogP contribution in [0.3, 0.4) is 0 Å². The van der Waals surface area contributed by atoms with Gasteiger partial charge in [-0.3, -0.25) is 0 Å². The van der Waals surface area contributed by atoms with E-state index < -0.39 is 5.82 Å². The molecule has 0 spiro atoms. The van der Waals surface area contributed by atoms with Crippen molar-refractivity contribution in [1.29, 1.82) is 5.41 Å². The Morgan fingerprint density at radius 3 is 2.65 bits per heavy atom. The average molecular weight is 445 g/mol. The normalized spacial score (nSPS) is 15.5. The van der Waals surface area contributed by atoms with Crippen LogP contribution >= 0.6 is 11.8 Å². The Morgan fingerprint density at radius 1 is 1.35 bits per heavy atom. The van der Waals surface area contributed by atoms with Crippen molar-refractivity contribution in [2.24, 2.45) is 5.73 Å². The van der Waals surface area contributed by atoms with Gasteiger partial charge in [0.1, 0.15) is 17.2 Å². The highest BCUT2D eigenvalue weighted by Gasteiger charge is 2.27. The van der Waals surface area contributed by atoms with E-state index in [9.17, 15) is 4.39 Å². The molecule has 31 heavy (non-hydrogen) atoms. The lowest BCUT2D eigenvalue weighted by molar-refractivity contribution is 0.480. The average Bonchev–Trinajstić information content (AvgIpc) is 3.22. The fourth-order valence-corrected chi connectivity index (χ4v) is 4.06. The summed E-state index contributed by atoms with van der Waals surface area (Å²) in [5.74, 6) is -0.251. The molecule has 1 atom stereocenters. The minimum Gasteiger partial charge on any atom is -0.383 e. The van der Waals surface area contributed by atoms with Gasteiger partial charge in [-0.15, -0.1) is 11.8 Å². The fourth-order valence-electron chi connectivity index (χ4n) is 3.13. The predicted molar refractivity (Wildman–Crippen MR) is 124 cm³/mol. The van der Waals surface area contributed by atoms with E-state index in [1.54, 1.807) is 7.05 Å². The quantitative estimate of drug-likeness (QED) is 0.355. The highest BCUT2D eigenvalue weighted by Crippen LogP contribution is 2.39. The molecule has 1 aromatic heterocycles. The van der Waals surface area contributed by atoms with Crippen LogP contribution in [-0.2, 0) is 0 Å². The molecule has 3 rings (SSSR count). The SMILES string of the molecule is C=C(C1=CCC(N)S1)N(F)c1nc(-c2ccc(F)cc2)nc(C(=N)CCCC)c1NC. The highest BCUT2D eigenvalue weighted by molar-refractivity contribution is 8.04. The smallest absolute Gasteiger partial charge is 0.190 e. The summed E-state index contributed by atoms with van der Waals surface area (Å²) in [7, 11) is 1.63. The zero-order valence-electron chi connectivity index (χ0n) is 17.6. The standard InChI is InChI=1S/C22H26F2N6S/c1-4-5-6-16(25)19-20(27-3)22(30(24)13(2)17-11-12-18(26)31-17)29-21(28-19)14-7-9-15(23)10-8-14/h7-11,18,25,27H,2,4-6,12,26H2,1,3H3. The maximum atomic E-state index is 15.6. The minimum atomic E-state index is -0.395. The molecule has 0 bridgehead atoms. The van der Waals surface area contributed by atoms with Gasteiger partial charge in [-0.05, 0) is 43.5 Å². The van der Waals surface area contributed by atoms with Crippen molar-refractivity contribution < 1.29 is 8.87 Å². The first-order chi connectivity index (χ1) is 14.8. The Labute approximate surface area is 185 Å². The van der Waals surface area contributed by atoms with Crippen LogP contribution in [0, 0.1) is 11.2 Å². The molecule has 0 saturated heterocycles. The summed E-state index contributed by atoms with van der Waals surface area (Å²) in [6.45, 7) is 5.91. The molecular weight excluding hydrogens is 418 g/mol. The number of nitrogens with zero attached hydrogens (tertiary/aromatic N) is 3. The molecule has 1 aliphatic heterocycles. The number of rotatable bonds is 9. The van der Waals surface area contributed by atoms with Gasteiger partial charge in [0.05, 0.1) is 16.8 Å². The number of unbranched alkanes of at least 4 members (excludes halogenated alkanes) is 1. The molecule has 2 aromatic rings. The lowest BCUT2D eigenvalue weighted by Gasteiger charge is -2.22. The first-order valence-electron chi connectivity index (χ1n) is 10.1. The molecular formula is C22H26F2N6S. The second kappa shape index (κ2) is 10.0. The van der Waals surface area contributed by atoms with Crippen molar-refractivity contribution in [2.45, 2.75) is 38.0 Å². The predicted octanol–water partition coefficient (Wildman–Crippen LogP) is 5.39. The van der Waals surface area contributed by atoms with Crippen molar-refractivity contribution >= 4 is 29.0 Å². The van der Waals surface area contributed by atoms with E-state index in [0.717, 1.165) is 12.8 Å². The number of anilines is 2. The molecule has 0 fully saturated rings. The van der Waals surface area contributed by atoms with Crippen LogP contribution < -0.4 is 16.2 Å². The first-order valence-corrected chi connectivity index (χ1v) is 10.9. The van der Waals surface area contributed by atoms with Gasteiger partial charge in [0.15, 0.2) is 11.6 Å². The van der Waals surface area contributed by atoms with Crippen LogP contribution in [0.5, 0.6) is 0 Å². The van der Waals surface area contributed by atoms with E-state index in [1.807, 2.05) is 13.0 Å². The van der Waals surface area contributed by atoms with Gasteiger partial charge in [-0.2, -0.15) is 5.12 Å². The molecule has 1 aromatic carbocycles. The highest BCUT2D eigenvalue weighted by atomic mass is 32.2. The van der Waals surface area contributed by atoms with Gasteiger partial charge in [0.25, 0.3) is 0 Å². The summed E-state index contributed by atoms with van der Waals surface area (Å²) >= 11 is 1.34. The second-order valence-electron chi connectivity index (χ2n) is 7.12. The third-order valence-electron chi connectivity index (χ3n) is 4.83. The molecule has 1 unspecified atom stereocenters. The van der Waals surface area contributed by atoms with Crippen molar-refractivity contribution in [3.05, 3.63) is 59.0 Å². The van der Waals surface area contributed by atoms with Gasteiger partial charge in [-0.1, -0.05) is 30.5 Å². The molecule has 2 heterocycles. The van der Waals surface area contributed by atoms with Crippen LogP contribution in [0.15, 0.2) is 47.5 Å². The van der Waals surface area contributed by atoms with Gasteiger partial charge < -0.3 is 16.5 Å². The minimum absolute atomic E-state index is 0.0555. The lowest BCUT2D eigenvalue weighted by Crippen LogP contribution is -2.19. The maximum absolute atomic E-state index is 15.6. The summed E-state index contributed by atoms with van der Waals surface area (Å²) in [6, 6.07) is 5.64. The third kappa shape index (κ3) is 5.11.